The lowest BCUT2D eigenvalue weighted by atomic mass is 10.3. The first-order valence-corrected chi connectivity index (χ1v) is 10.2. The summed E-state index contributed by atoms with van der Waals surface area (Å²) >= 11 is 3.24. The molecule has 124 valence electrons. The average Bonchev–Trinajstić information content (AvgIpc) is 2.47. The van der Waals surface area contributed by atoms with Gasteiger partial charge in [0, 0.05) is 18.6 Å². The van der Waals surface area contributed by atoms with E-state index in [0.29, 0.717) is 0 Å². The number of nitrogens with one attached hydrogen (secondary N) is 1. The SMILES string of the molecule is CN(C)S(=O)(=O)c1cccc(NS(=O)(=O)c2ccc(Br)cc2)c1. The molecular weight excluding hydrogens is 404 g/mol. The Morgan fingerprint density at radius 1 is 0.913 bits per heavy atom. The van der Waals surface area contributed by atoms with Crippen LogP contribution in [0.4, 0.5) is 5.69 Å². The fraction of sp³-hybridized carbons (Fsp3) is 0.143. The van der Waals surface area contributed by atoms with Gasteiger partial charge in [0.1, 0.15) is 0 Å². The second-order valence-corrected chi connectivity index (χ2v) is 9.62. The van der Waals surface area contributed by atoms with Gasteiger partial charge in [-0.25, -0.2) is 21.1 Å². The molecule has 0 unspecified atom stereocenters. The van der Waals surface area contributed by atoms with Crippen LogP contribution in [0.1, 0.15) is 0 Å². The Labute approximate surface area is 144 Å². The van der Waals surface area contributed by atoms with Crippen LogP contribution in [0, 0.1) is 0 Å². The van der Waals surface area contributed by atoms with E-state index in [1.54, 1.807) is 12.1 Å². The molecule has 0 bridgehead atoms. The molecule has 2 rings (SSSR count). The van der Waals surface area contributed by atoms with Crippen LogP contribution in [0.5, 0.6) is 0 Å². The van der Waals surface area contributed by atoms with Crippen LogP contribution >= 0.6 is 15.9 Å². The Bertz CT molecular complexity index is 908. The maximum atomic E-state index is 12.3. The van der Waals surface area contributed by atoms with Crippen LogP contribution in [0.2, 0.25) is 0 Å². The molecule has 0 amide bonds. The van der Waals surface area contributed by atoms with Gasteiger partial charge in [-0.2, -0.15) is 0 Å². The van der Waals surface area contributed by atoms with E-state index < -0.39 is 20.0 Å². The van der Waals surface area contributed by atoms with Gasteiger partial charge in [0.15, 0.2) is 0 Å². The van der Waals surface area contributed by atoms with Crippen molar-refractivity contribution in [2.45, 2.75) is 9.79 Å². The third kappa shape index (κ3) is 4.11. The summed E-state index contributed by atoms with van der Waals surface area (Å²) < 4.78 is 53.0. The second-order valence-electron chi connectivity index (χ2n) is 4.87. The molecule has 0 saturated carbocycles. The highest BCUT2D eigenvalue weighted by Gasteiger charge is 2.19. The molecule has 0 atom stereocenters. The maximum Gasteiger partial charge on any atom is 0.261 e. The zero-order chi connectivity index (χ0) is 17.3. The first-order valence-electron chi connectivity index (χ1n) is 6.44. The van der Waals surface area contributed by atoms with Crippen LogP contribution in [0.15, 0.2) is 62.8 Å². The summed E-state index contributed by atoms with van der Waals surface area (Å²) in [5.41, 5.74) is 0.177. The summed E-state index contributed by atoms with van der Waals surface area (Å²) in [6, 6.07) is 11.8. The minimum absolute atomic E-state index is 0.0125. The summed E-state index contributed by atoms with van der Waals surface area (Å²) in [4.78, 5) is 0.0973. The molecule has 9 heteroatoms. The van der Waals surface area contributed by atoms with Gasteiger partial charge < -0.3 is 0 Å². The molecule has 23 heavy (non-hydrogen) atoms. The topological polar surface area (TPSA) is 83.6 Å². The van der Waals surface area contributed by atoms with Crippen molar-refractivity contribution >= 4 is 41.7 Å². The fourth-order valence-electron chi connectivity index (χ4n) is 1.76. The molecule has 0 aliphatic heterocycles. The lowest BCUT2D eigenvalue weighted by molar-refractivity contribution is 0.521. The molecule has 1 N–H and O–H groups in total. The van der Waals surface area contributed by atoms with Crippen molar-refractivity contribution in [2.24, 2.45) is 0 Å². The van der Waals surface area contributed by atoms with Crippen molar-refractivity contribution in [3.63, 3.8) is 0 Å². The van der Waals surface area contributed by atoms with Crippen molar-refractivity contribution in [1.29, 1.82) is 0 Å². The number of halogens is 1. The number of hydrogen-bond donors (Lipinski definition) is 1. The molecule has 0 radical (unpaired) electrons. The van der Waals surface area contributed by atoms with Gasteiger partial charge in [-0.3, -0.25) is 4.72 Å². The Kier molecular flexibility index (Phi) is 5.14. The minimum Gasteiger partial charge on any atom is -0.280 e. The highest BCUT2D eigenvalue weighted by atomic mass is 79.9. The molecule has 0 fully saturated rings. The number of sulfonamides is 2. The maximum absolute atomic E-state index is 12.3. The molecule has 2 aromatic carbocycles. The molecule has 6 nitrogen and oxygen atoms in total. The lowest BCUT2D eigenvalue weighted by Crippen LogP contribution is -2.22. The van der Waals surface area contributed by atoms with E-state index in [2.05, 4.69) is 20.7 Å². The van der Waals surface area contributed by atoms with Gasteiger partial charge in [-0.15, -0.1) is 0 Å². The molecule has 2 aromatic rings. The zero-order valence-electron chi connectivity index (χ0n) is 12.4. The van der Waals surface area contributed by atoms with Crippen molar-refractivity contribution in [2.75, 3.05) is 18.8 Å². The van der Waals surface area contributed by atoms with Crippen LogP contribution in [-0.2, 0) is 20.0 Å². The van der Waals surface area contributed by atoms with Gasteiger partial charge in [-0.05, 0) is 42.5 Å². The Morgan fingerprint density at radius 3 is 2.09 bits per heavy atom. The Balaban J connectivity index is 2.36. The number of benzene rings is 2. The van der Waals surface area contributed by atoms with Gasteiger partial charge in [0.25, 0.3) is 10.0 Å². The summed E-state index contributed by atoms with van der Waals surface area (Å²) in [6.45, 7) is 0. The average molecular weight is 419 g/mol. The van der Waals surface area contributed by atoms with Gasteiger partial charge in [0.2, 0.25) is 10.0 Å². The highest BCUT2D eigenvalue weighted by molar-refractivity contribution is 9.10. The van der Waals surface area contributed by atoms with Crippen LogP contribution in [0.3, 0.4) is 0 Å². The smallest absolute Gasteiger partial charge is 0.261 e. The second kappa shape index (κ2) is 6.60. The highest BCUT2D eigenvalue weighted by Crippen LogP contribution is 2.22. The van der Waals surface area contributed by atoms with Crippen LogP contribution in [-0.4, -0.2) is 35.2 Å². The minimum atomic E-state index is -3.79. The molecule has 0 aliphatic rings. The number of hydrogen-bond acceptors (Lipinski definition) is 4. The van der Waals surface area contributed by atoms with Crippen LogP contribution in [0.25, 0.3) is 0 Å². The molecular formula is C14H15BrN2O4S2. The quantitative estimate of drug-likeness (QED) is 0.807. The Hall–Kier alpha value is -1.42. The van der Waals surface area contributed by atoms with E-state index in [4.69, 9.17) is 0 Å². The summed E-state index contributed by atoms with van der Waals surface area (Å²) in [5, 5.41) is 0. The predicted molar refractivity (Wildman–Crippen MR) is 92.3 cm³/mol. The normalized spacial score (nSPS) is 12.3. The first kappa shape index (κ1) is 17.9. The van der Waals surface area contributed by atoms with Gasteiger partial charge in [-0.1, -0.05) is 22.0 Å². The number of rotatable bonds is 5. The Morgan fingerprint density at radius 2 is 1.52 bits per heavy atom. The fourth-order valence-corrected chi connectivity index (χ4v) is 4.02. The molecule has 0 saturated heterocycles. The number of anilines is 1. The molecule has 0 heterocycles. The standard InChI is InChI=1S/C14H15BrN2O4S2/c1-17(2)23(20,21)14-5-3-4-12(10-14)16-22(18,19)13-8-6-11(15)7-9-13/h3-10,16H,1-2H3. The van der Waals surface area contributed by atoms with E-state index in [0.717, 1.165) is 8.78 Å². The van der Waals surface area contributed by atoms with Crippen molar-refractivity contribution in [3.05, 3.63) is 53.0 Å². The van der Waals surface area contributed by atoms with E-state index in [-0.39, 0.29) is 15.5 Å². The third-order valence-corrected chi connectivity index (χ3v) is 6.73. The molecule has 0 aromatic heterocycles. The summed E-state index contributed by atoms with van der Waals surface area (Å²) in [7, 11) is -4.60. The van der Waals surface area contributed by atoms with E-state index in [1.165, 1.54) is 50.5 Å². The van der Waals surface area contributed by atoms with E-state index in [1.807, 2.05) is 0 Å². The van der Waals surface area contributed by atoms with E-state index in [9.17, 15) is 16.8 Å². The van der Waals surface area contributed by atoms with Crippen molar-refractivity contribution < 1.29 is 16.8 Å². The largest absolute Gasteiger partial charge is 0.280 e. The molecule has 0 spiro atoms. The number of nitrogens with zero attached hydrogens (tertiary/aromatic N) is 1. The lowest BCUT2D eigenvalue weighted by Gasteiger charge is -2.13. The molecule has 0 aliphatic carbocycles. The predicted octanol–water partition coefficient (Wildman–Crippen LogP) is 2.50. The zero-order valence-corrected chi connectivity index (χ0v) is 15.6. The van der Waals surface area contributed by atoms with Crippen molar-refractivity contribution in [3.8, 4) is 0 Å². The summed E-state index contributed by atoms with van der Waals surface area (Å²) in [5.74, 6) is 0. The van der Waals surface area contributed by atoms with Gasteiger partial charge >= 0.3 is 0 Å². The van der Waals surface area contributed by atoms with Gasteiger partial charge in [0.05, 0.1) is 15.5 Å². The van der Waals surface area contributed by atoms with Crippen LogP contribution < -0.4 is 4.72 Å². The van der Waals surface area contributed by atoms with Crippen molar-refractivity contribution in [1.82, 2.24) is 4.31 Å². The first-order chi connectivity index (χ1) is 10.6. The monoisotopic (exact) mass is 418 g/mol. The van der Waals surface area contributed by atoms with E-state index >= 15 is 0 Å². The summed E-state index contributed by atoms with van der Waals surface area (Å²) in [6.07, 6.45) is 0. The third-order valence-electron chi connectivity index (χ3n) is 2.99.